The van der Waals surface area contributed by atoms with E-state index in [1.807, 2.05) is 39.0 Å². The summed E-state index contributed by atoms with van der Waals surface area (Å²) in [5.74, 6) is 1.48. The Morgan fingerprint density at radius 2 is 2.00 bits per heavy atom. The molecule has 1 aliphatic heterocycles. The van der Waals surface area contributed by atoms with Crippen LogP contribution in [0.15, 0.2) is 40.9 Å². The minimum Gasteiger partial charge on any atom is -0.433 e. The molecule has 0 amide bonds. The topological polar surface area (TPSA) is 87.2 Å². The van der Waals surface area contributed by atoms with Crippen LogP contribution >= 0.6 is 11.6 Å². The molecule has 0 aliphatic carbocycles. The van der Waals surface area contributed by atoms with Crippen LogP contribution in [0.4, 0.5) is 8.78 Å². The standard InChI is InChI=1S/C26H26ClF2N3O4S/c1-14(10-17-4-7-23(20(27)11-17)35-26(28)29)25-30-21-12-18(24-15(2)31-36-16(24)3)5-6-22(21)32(25)19-8-9-37(33,34)13-19/h4-7,11-12,14,19,26H,8-10,13H2,1-3H3/t14-,19?/m0/s1. The number of hydrogen-bond donors (Lipinski definition) is 0. The molecule has 7 nitrogen and oxygen atoms in total. The van der Waals surface area contributed by atoms with Crippen molar-refractivity contribution in [2.45, 2.75) is 52.2 Å². The number of ether oxygens (including phenoxy) is 1. The van der Waals surface area contributed by atoms with Crippen LogP contribution in [-0.2, 0) is 16.3 Å². The number of fused-ring (bicyclic) bond motifs is 1. The van der Waals surface area contributed by atoms with Crippen molar-refractivity contribution < 1.29 is 26.5 Å². The van der Waals surface area contributed by atoms with Gasteiger partial charge in [-0.05, 0) is 62.1 Å². The molecule has 0 N–H and O–H groups in total. The van der Waals surface area contributed by atoms with Crippen LogP contribution in [-0.4, -0.2) is 41.2 Å². The Kier molecular flexibility index (Phi) is 6.74. The highest BCUT2D eigenvalue weighted by atomic mass is 35.5. The van der Waals surface area contributed by atoms with Crippen molar-refractivity contribution >= 4 is 32.5 Å². The van der Waals surface area contributed by atoms with Gasteiger partial charge in [-0.25, -0.2) is 13.4 Å². The zero-order valence-corrected chi connectivity index (χ0v) is 22.1. The second kappa shape index (κ2) is 9.72. The van der Waals surface area contributed by atoms with Crippen LogP contribution in [0.5, 0.6) is 5.75 Å². The first kappa shape index (κ1) is 25.7. The fourth-order valence-corrected chi connectivity index (χ4v) is 7.13. The lowest BCUT2D eigenvalue weighted by Crippen LogP contribution is -2.16. The fourth-order valence-electron chi connectivity index (χ4n) is 5.19. The molecule has 0 spiro atoms. The maximum absolute atomic E-state index is 12.6. The Bertz CT molecular complexity index is 1560. The molecule has 1 fully saturated rings. The SMILES string of the molecule is Cc1noc(C)c1-c1ccc2c(c1)nc([C@@H](C)Cc1ccc(OC(F)F)c(Cl)c1)n2C1CCS(=O)(=O)C1. The molecular formula is C26H26ClF2N3O4S. The second-order valence-electron chi connectivity index (χ2n) is 9.55. The molecule has 0 radical (unpaired) electrons. The molecule has 2 aromatic carbocycles. The lowest BCUT2D eigenvalue weighted by Gasteiger charge is -2.20. The maximum atomic E-state index is 12.6. The van der Waals surface area contributed by atoms with E-state index in [4.69, 9.17) is 21.1 Å². The largest absolute Gasteiger partial charge is 0.433 e. The van der Waals surface area contributed by atoms with Crippen molar-refractivity contribution in [3.63, 3.8) is 0 Å². The molecule has 3 heterocycles. The molecule has 4 aromatic rings. The number of nitrogens with zero attached hydrogens (tertiary/aromatic N) is 3. The molecule has 11 heteroatoms. The van der Waals surface area contributed by atoms with E-state index in [-0.39, 0.29) is 34.2 Å². The summed E-state index contributed by atoms with van der Waals surface area (Å²) in [7, 11) is -3.13. The summed E-state index contributed by atoms with van der Waals surface area (Å²) in [6.07, 6.45) is 1.04. The normalized spacial score (nSPS) is 18.1. The van der Waals surface area contributed by atoms with Gasteiger partial charge in [0.25, 0.3) is 0 Å². The van der Waals surface area contributed by atoms with Gasteiger partial charge >= 0.3 is 6.61 Å². The number of alkyl halides is 2. The smallest absolute Gasteiger partial charge is 0.387 e. The number of aromatic nitrogens is 3. The number of rotatable bonds is 7. The van der Waals surface area contributed by atoms with Crippen LogP contribution < -0.4 is 4.74 Å². The van der Waals surface area contributed by atoms with Gasteiger partial charge < -0.3 is 13.8 Å². The first-order chi connectivity index (χ1) is 17.5. The Labute approximate surface area is 218 Å². The van der Waals surface area contributed by atoms with Crippen LogP contribution in [0.3, 0.4) is 0 Å². The first-order valence-corrected chi connectivity index (χ1v) is 14.1. The van der Waals surface area contributed by atoms with Crippen LogP contribution in [0.25, 0.3) is 22.2 Å². The zero-order valence-electron chi connectivity index (χ0n) is 20.5. The van der Waals surface area contributed by atoms with Crippen molar-refractivity contribution in [2.75, 3.05) is 11.5 Å². The van der Waals surface area contributed by atoms with Crippen LogP contribution in [0.1, 0.15) is 48.1 Å². The number of halogens is 3. The van der Waals surface area contributed by atoms with E-state index in [0.29, 0.717) is 18.6 Å². The third-order valence-corrected chi connectivity index (χ3v) is 8.85. The Balaban J connectivity index is 1.55. The molecule has 0 bridgehead atoms. The third kappa shape index (κ3) is 5.09. The highest BCUT2D eigenvalue weighted by Crippen LogP contribution is 2.36. The van der Waals surface area contributed by atoms with Crippen LogP contribution in [0.2, 0.25) is 5.02 Å². The molecule has 37 heavy (non-hydrogen) atoms. The van der Waals surface area contributed by atoms with Gasteiger partial charge in [0.15, 0.2) is 9.84 Å². The highest BCUT2D eigenvalue weighted by Gasteiger charge is 2.33. The van der Waals surface area contributed by atoms with E-state index in [0.717, 1.165) is 39.2 Å². The summed E-state index contributed by atoms with van der Waals surface area (Å²) in [4.78, 5) is 4.97. The minimum absolute atomic E-state index is 0.0648. The van der Waals surface area contributed by atoms with Crippen molar-refractivity contribution in [3.05, 3.63) is 64.3 Å². The maximum Gasteiger partial charge on any atom is 0.387 e. The molecule has 1 unspecified atom stereocenters. The predicted octanol–water partition coefficient (Wildman–Crippen LogP) is 6.27. The molecule has 5 rings (SSSR count). The summed E-state index contributed by atoms with van der Waals surface area (Å²) in [6, 6.07) is 10.4. The van der Waals surface area contributed by atoms with Crippen molar-refractivity contribution in [1.29, 1.82) is 0 Å². The van der Waals surface area contributed by atoms with Gasteiger partial charge in [-0.15, -0.1) is 0 Å². The highest BCUT2D eigenvalue weighted by molar-refractivity contribution is 7.91. The van der Waals surface area contributed by atoms with Crippen molar-refractivity contribution in [1.82, 2.24) is 14.7 Å². The Morgan fingerprint density at radius 1 is 1.22 bits per heavy atom. The lowest BCUT2D eigenvalue weighted by molar-refractivity contribution is -0.0498. The van der Waals surface area contributed by atoms with E-state index in [1.54, 1.807) is 12.1 Å². The summed E-state index contributed by atoms with van der Waals surface area (Å²) < 4.78 is 61.7. The summed E-state index contributed by atoms with van der Waals surface area (Å²) >= 11 is 6.17. The van der Waals surface area contributed by atoms with Gasteiger partial charge in [0.1, 0.15) is 17.3 Å². The van der Waals surface area contributed by atoms with Crippen molar-refractivity contribution in [3.8, 4) is 16.9 Å². The number of hydrogen-bond acceptors (Lipinski definition) is 6. The Morgan fingerprint density at radius 3 is 2.62 bits per heavy atom. The molecular weight excluding hydrogens is 524 g/mol. The van der Waals surface area contributed by atoms with Gasteiger partial charge in [-0.3, -0.25) is 0 Å². The third-order valence-electron chi connectivity index (χ3n) is 6.81. The van der Waals surface area contributed by atoms with E-state index < -0.39 is 16.4 Å². The van der Waals surface area contributed by atoms with E-state index >= 15 is 0 Å². The van der Waals surface area contributed by atoms with Gasteiger partial charge in [-0.1, -0.05) is 35.8 Å². The van der Waals surface area contributed by atoms with Gasteiger partial charge in [0.2, 0.25) is 0 Å². The average Bonchev–Trinajstić information content (AvgIpc) is 3.48. The molecule has 1 aliphatic rings. The minimum atomic E-state index is -3.13. The van der Waals surface area contributed by atoms with Gasteiger partial charge in [-0.2, -0.15) is 8.78 Å². The first-order valence-electron chi connectivity index (χ1n) is 11.9. The van der Waals surface area contributed by atoms with E-state index in [2.05, 4.69) is 14.5 Å². The van der Waals surface area contributed by atoms with E-state index in [1.165, 1.54) is 6.07 Å². The quantitative estimate of drug-likeness (QED) is 0.270. The van der Waals surface area contributed by atoms with Gasteiger partial charge in [0, 0.05) is 11.5 Å². The predicted molar refractivity (Wildman–Crippen MR) is 137 cm³/mol. The number of aryl methyl sites for hydroxylation is 2. The monoisotopic (exact) mass is 549 g/mol. The van der Waals surface area contributed by atoms with Crippen molar-refractivity contribution in [2.24, 2.45) is 0 Å². The molecule has 2 atom stereocenters. The molecule has 1 saturated heterocycles. The molecule has 2 aromatic heterocycles. The lowest BCUT2D eigenvalue weighted by atomic mass is 10.00. The summed E-state index contributed by atoms with van der Waals surface area (Å²) in [5.41, 5.74) is 5.06. The zero-order chi connectivity index (χ0) is 26.5. The fraction of sp³-hybridized carbons (Fsp3) is 0.385. The molecule has 0 saturated carbocycles. The second-order valence-corrected chi connectivity index (χ2v) is 12.2. The summed E-state index contributed by atoms with van der Waals surface area (Å²) in [5, 5.41) is 4.15. The van der Waals surface area contributed by atoms with E-state index in [9.17, 15) is 17.2 Å². The van der Waals surface area contributed by atoms with Gasteiger partial charge in [0.05, 0.1) is 39.3 Å². The number of sulfone groups is 1. The summed E-state index contributed by atoms with van der Waals surface area (Å²) in [6.45, 7) is 2.79. The number of imidazole rings is 1. The Hall–Kier alpha value is -2.98. The molecule has 196 valence electrons. The number of benzene rings is 2. The average molecular weight is 550 g/mol. The van der Waals surface area contributed by atoms with Crippen LogP contribution in [0, 0.1) is 13.8 Å².